The van der Waals surface area contributed by atoms with Crippen LogP contribution in [0.15, 0.2) is 16.7 Å². The topological polar surface area (TPSA) is 71.5 Å². The first-order valence-corrected chi connectivity index (χ1v) is 6.73. The van der Waals surface area contributed by atoms with Crippen molar-refractivity contribution >= 4 is 5.91 Å². The van der Waals surface area contributed by atoms with E-state index in [1.807, 2.05) is 0 Å². The molecular formula is C14H25N3O2. The summed E-state index contributed by atoms with van der Waals surface area (Å²) < 4.78 is 5.42. The maximum absolute atomic E-state index is 11.6. The molecule has 0 saturated carbocycles. The van der Waals surface area contributed by atoms with Gasteiger partial charge in [0.05, 0.1) is 18.4 Å². The van der Waals surface area contributed by atoms with E-state index in [1.54, 1.807) is 6.07 Å². The minimum atomic E-state index is -0.308. The SMILES string of the molecule is CC(C)CN(Cc1occc1C(=O)NN)CC(C)C. The van der Waals surface area contributed by atoms with E-state index in [1.165, 1.54) is 6.26 Å². The van der Waals surface area contributed by atoms with Crippen molar-refractivity contribution in [2.24, 2.45) is 17.7 Å². The fourth-order valence-corrected chi connectivity index (χ4v) is 2.18. The first-order chi connectivity index (χ1) is 8.93. The third-order valence-corrected chi connectivity index (χ3v) is 2.74. The zero-order valence-corrected chi connectivity index (χ0v) is 12.3. The van der Waals surface area contributed by atoms with Crippen LogP contribution in [0.25, 0.3) is 0 Å². The van der Waals surface area contributed by atoms with E-state index < -0.39 is 0 Å². The van der Waals surface area contributed by atoms with Crippen molar-refractivity contribution < 1.29 is 9.21 Å². The van der Waals surface area contributed by atoms with Crippen LogP contribution in [-0.4, -0.2) is 23.9 Å². The van der Waals surface area contributed by atoms with E-state index in [0.29, 0.717) is 29.7 Å². The lowest BCUT2D eigenvalue weighted by Gasteiger charge is -2.25. The Morgan fingerprint density at radius 2 is 1.89 bits per heavy atom. The van der Waals surface area contributed by atoms with Gasteiger partial charge in [0.15, 0.2) is 0 Å². The molecule has 0 saturated heterocycles. The van der Waals surface area contributed by atoms with Gasteiger partial charge in [0, 0.05) is 13.1 Å². The molecule has 108 valence electrons. The summed E-state index contributed by atoms with van der Waals surface area (Å²) in [7, 11) is 0. The number of nitrogens with two attached hydrogens (primary N) is 1. The van der Waals surface area contributed by atoms with Gasteiger partial charge in [-0.15, -0.1) is 0 Å². The largest absolute Gasteiger partial charge is 0.467 e. The Balaban J connectivity index is 2.78. The van der Waals surface area contributed by atoms with Crippen molar-refractivity contribution in [2.45, 2.75) is 34.2 Å². The quantitative estimate of drug-likeness (QED) is 0.450. The summed E-state index contributed by atoms with van der Waals surface area (Å²) in [6, 6.07) is 1.65. The number of furan rings is 1. The van der Waals surface area contributed by atoms with Gasteiger partial charge < -0.3 is 4.42 Å². The van der Waals surface area contributed by atoms with Crippen LogP contribution in [0, 0.1) is 11.8 Å². The molecule has 1 aromatic rings. The Hall–Kier alpha value is -1.33. The standard InChI is InChI=1S/C14H25N3O2/c1-10(2)7-17(8-11(3)4)9-13-12(5-6-19-13)14(18)16-15/h5-6,10-11H,7-9,15H2,1-4H3,(H,16,18). The molecule has 5 nitrogen and oxygen atoms in total. The number of nitrogens with zero attached hydrogens (tertiary/aromatic N) is 1. The molecule has 1 heterocycles. The van der Waals surface area contributed by atoms with Crippen LogP contribution in [0.2, 0.25) is 0 Å². The molecule has 0 bridgehead atoms. The van der Waals surface area contributed by atoms with Crippen molar-refractivity contribution in [1.29, 1.82) is 0 Å². The Morgan fingerprint density at radius 1 is 1.32 bits per heavy atom. The summed E-state index contributed by atoms with van der Waals surface area (Å²) in [6.07, 6.45) is 1.53. The second kappa shape index (κ2) is 7.31. The zero-order valence-electron chi connectivity index (χ0n) is 12.3. The molecule has 0 spiro atoms. The predicted molar refractivity (Wildman–Crippen MR) is 75.3 cm³/mol. The number of hydrogen-bond donors (Lipinski definition) is 2. The highest BCUT2D eigenvalue weighted by molar-refractivity contribution is 5.94. The molecule has 3 N–H and O–H groups in total. The number of carbonyl (C=O) groups excluding carboxylic acids is 1. The van der Waals surface area contributed by atoms with Crippen LogP contribution in [0.4, 0.5) is 0 Å². The molecular weight excluding hydrogens is 242 g/mol. The lowest BCUT2D eigenvalue weighted by Crippen LogP contribution is -2.33. The lowest BCUT2D eigenvalue weighted by molar-refractivity contribution is 0.0949. The van der Waals surface area contributed by atoms with Gasteiger partial charge in [0.2, 0.25) is 0 Å². The number of rotatable bonds is 7. The van der Waals surface area contributed by atoms with E-state index in [9.17, 15) is 4.79 Å². The molecule has 19 heavy (non-hydrogen) atoms. The van der Waals surface area contributed by atoms with E-state index >= 15 is 0 Å². The van der Waals surface area contributed by atoms with Crippen molar-refractivity contribution in [1.82, 2.24) is 10.3 Å². The summed E-state index contributed by atoms with van der Waals surface area (Å²) in [5, 5.41) is 0. The molecule has 0 aliphatic carbocycles. The second-order valence-electron chi connectivity index (χ2n) is 5.71. The maximum atomic E-state index is 11.6. The Bertz CT molecular complexity index is 389. The molecule has 1 amide bonds. The van der Waals surface area contributed by atoms with Gasteiger partial charge in [0.25, 0.3) is 5.91 Å². The number of amides is 1. The number of hydrazine groups is 1. The monoisotopic (exact) mass is 267 g/mol. The second-order valence-corrected chi connectivity index (χ2v) is 5.71. The van der Waals surface area contributed by atoms with Gasteiger partial charge in [-0.3, -0.25) is 15.1 Å². The third-order valence-electron chi connectivity index (χ3n) is 2.74. The first-order valence-electron chi connectivity index (χ1n) is 6.73. The van der Waals surface area contributed by atoms with Gasteiger partial charge in [0.1, 0.15) is 5.76 Å². The van der Waals surface area contributed by atoms with Crippen LogP contribution in [-0.2, 0) is 6.54 Å². The van der Waals surface area contributed by atoms with Crippen molar-refractivity contribution in [3.8, 4) is 0 Å². The highest BCUT2D eigenvalue weighted by Gasteiger charge is 2.18. The van der Waals surface area contributed by atoms with Crippen LogP contribution in [0.3, 0.4) is 0 Å². The van der Waals surface area contributed by atoms with Gasteiger partial charge in [-0.1, -0.05) is 27.7 Å². The van der Waals surface area contributed by atoms with Crippen molar-refractivity contribution in [3.63, 3.8) is 0 Å². The van der Waals surface area contributed by atoms with Gasteiger partial charge in [-0.2, -0.15) is 0 Å². The lowest BCUT2D eigenvalue weighted by atomic mass is 10.1. The molecule has 0 unspecified atom stereocenters. The average Bonchev–Trinajstić information content (AvgIpc) is 2.74. The van der Waals surface area contributed by atoms with Gasteiger partial charge >= 0.3 is 0 Å². The van der Waals surface area contributed by atoms with Gasteiger partial charge in [-0.25, -0.2) is 5.84 Å². The van der Waals surface area contributed by atoms with Crippen LogP contribution < -0.4 is 11.3 Å². The van der Waals surface area contributed by atoms with E-state index in [0.717, 1.165) is 13.1 Å². The van der Waals surface area contributed by atoms with Crippen LogP contribution in [0.1, 0.15) is 43.8 Å². The minimum Gasteiger partial charge on any atom is -0.467 e. The van der Waals surface area contributed by atoms with Crippen molar-refractivity contribution in [2.75, 3.05) is 13.1 Å². The Morgan fingerprint density at radius 3 is 2.37 bits per heavy atom. The number of carbonyl (C=O) groups is 1. The first kappa shape index (κ1) is 15.7. The van der Waals surface area contributed by atoms with Crippen LogP contribution in [0.5, 0.6) is 0 Å². The maximum Gasteiger partial charge on any atom is 0.268 e. The van der Waals surface area contributed by atoms with Gasteiger partial charge in [-0.05, 0) is 17.9 Å². The molecule has 5 heteroatoms. The molecule has 0 radical (unpaired) electrons. The Labute approximate surface area is 115 Å². The minimum absolute atomic E-state index is 0.308. The number of nitrogen functional groups attached to an aromatic ring is 1. The highest BCUT2D eigenvalue weighted by atomic mass is 16.3. The molecule has 1 aromatic heterocycles. The number of hydrogen-bond acceptors (Lipinski definition) is 4. The third kappa shape index (κ3) is 5.04. The summed E-state index contributed by atoms with van der Waals surface area (Å²) >= 11 is 0. The van der Waals surface area contributed by atoms with Crippen LogP contribution >= 0.6 is 0 Å². The summed E-state index contributed by atoms with van der Waals surface area (Å²) in [4.78, 5) is 13.9. The summed E-state index contributed by atoms with van der Waals surface area (Å²) in [5.41, 5.74) is 2.66. The average molecular weight is 267 g/mol. The normalized spacial score (nSPS) is 11.6. The molecule has 0 aliphatic rings. The van der Waals surface area contributed by atoms with E-state index in [4.69, 9.17) is 10.3 Å². The predicted octanol–water partition coefficient (Wildman–Crippen LogP) is 2.00. The Kier molecular flexibility index (Phi) is 6.05. The molecule has 0 aromatic carbocycles. The smallest absolute Gasteiger partial charge is 0.268 e. The fraction of sp³-hybridized carbons (Fsp3) is 0.643. The molecule has 0 atom stereocenters. The highest BCUT2D eigenvalue weighted by Crippen LogP contribution is 2.15. The molecule has 1 rings (SSSR count). The molecule has 0 aliphatic heterocycles. The zero-order chi connectivity index (χ0) is 14.4. The summed E-state index contributed by atoms with van der Waals surface area (Å²) in [5.74, 6) is 6.67. The van der Waals surface area contributed by atoms with Crippen molar-refractivity contribution in [3.05, 3.63) is 23.7 Å². The fourth-order valence-electron chi connectivity index (χ4n) is 2.18. The number of nitrogens with one attached hydrogen (secondary N) is 1. The van der Waals surface area contributed by atoms with E-state index in [-0.39, 0.29) is 5.91 Å². The van der Waals surface area contributed by atoms with E-state index in [2.05, 4.69) is 38.0 Å². The summed E-state index contributed by atoms with van der Waals surface area (Å²) in [6.45, 7) is 11.3. The molecule has 0 fully saturated rings.